The summed E-state index contributed by atoms with van der Waals surface area (Å²) in [5.41, 5.74) is 2.40. The summed E-state index contributed by atoms with van der Waals surface area (Å²) in [6, 6.07) is 13.0. The molecule has 1 saturated heterocycles. The molecule has 0 aliphatic carbocycles. The molecule has 4 rings (SSSR count). The third kappa shape index (κ3) is 4.70. The van der Waals surface area contributed by atoms with E-state index < -0.39 is 0 Å². The largest absolute Gasteiger partial charge is 0.486 e. The number of amides is 1. The fraction of sp³-hybridized carbons (Fsp3) is 0.391. The van der Waals surface area contributed by atoms with Gasteiger partial charge >= 0.3 is 0 Å². The van der Waals surface area contributed by atoms with Crippen molar-refractivity contribution in [3.63, 3.8) is 0 Å². The number of anilines is 2. The average Bonchev–Trinajstić information content (AvgIpc) is 2.78. The molecule has 2 heterocycles. The van der Waals surface area contributed by atoms with Gasteiger partial charge in [-0.05, 0) is 49.6 Å². The molecule has 6 heteroatoms. The van der Waals surface area contributed by atoms with E-state index >= 15 is 0 Å². The zero-order valence-electron chi connectivity index (χ0n) is 16.5. The Kier molecular flexibility index (Phi) is 5.98. The van der Waals surface area contributed by atoms with Crippen molar-refractivity contribution in [2.75, 3.05) is 36.5 Å². The molecule has 29 heavy (non-hydrogen) atoms. The Bertz CT molecular complexity index is 890. The van der Waals surface area contributed by atoms with E-state index in [1.807, 2.05) is 24.3 Å². The Morgan fingerprint density at radius 1 is 0.897 bits per heavy atom. The highest BCUT2D eigenvalue weighted by atomic mass is 16.6. The number of nitrogens with zero attached hydrogens (tertiary/aromatic N) is 1. The number of fused-ring (bicyclic) bond motifs is 1. The van der Waals surface area contributed by atoms with Gasteiger partial charge in [0, 0.05) is 31.5 Å². The molecule has 6 nitrogen and oxygen atoms in total. The molecule has 0 bridgehead atoms. The minimum absolute atomic E-state index is 0.0820. The maximum Gasteiger partial charge on any atom is 0.224 e. The van der Waals surface area contributed by atoms with Crippen molar-refractivity contribution in [1.29, 1.82) is 0 Å². The number of piperidine rings is 1. The van der Waals surface area contributed by atoms with Crippen LogP contribution in [0.25, 0.3) is 0 Å². The molecular formula is C23H26N2O4. The fourth-order valence-corrected chi connectivity index (χ4v) is 3.79. The van der Waals surface area contributed by atoms with Crippen LogP contribution in [0.3, 0.4) is 0 Å². The van der Waals surface area contributed by atoms with Crippen LogP contribution in [0, 0.1) is 0 Å². The number of carbonyl (C=O) groups excluding carboxylic acids is 2. The third-order valence-corrected chi connectivity index (χ3v) is 5.32. The van der Waals surface area contributed by atoms with Crippen molar-refractivity contribution >= 4 is 23.1 Å². The van der Waals surface area contributed by atoms with Crippen LogP contribution in [0.15, 0.2) is 42.5 Å². The molecule has 2 aliphatic heterocycles. The second-order valence-corrected chi connectivity index (χ2v) is 7.39. The monoisotopic (exact) mass is 394 g/mol. The maximum absolute atomic E-state index is 12.5. The maximum atomic E-state index is 12.5. The molecule has 1 amide bonds. The number of hydrogen-bond acceptors (Lipinski definition) is 5. The van der Waals surface area contributed by atoms with Crippen LogP contribution in [0.4, 0.5) is 11.4 Å². The Labute approximate surface area is 170 Å². The zero-order chi connectivity index (χ0) is 20.1. The van der Waals surface area contributed by atoms with Crippen molar-refractivity contribution in [3.8, 4) is 11.5 Å². The van der Waals surface area contributed by atoms with Crippen LogP contribution in [-0.2, 0) is 4.79 Å². The van der Waals surface area contributed by atoms with Crippen molar-refractivity contribution < 1.29 is 19.1 Å². The Morgan fingerprint density at radius 2 is 1.66 bits per heavy atom. The van der Waals surface area contributed by atoms with Crippen molar-refractivity contribution in [1.82, 2.24) is 0 Å². The van der Waals surface area contributed by atoms with Gasteiger partial charge < -0.3 is 19.7 Å². The lowest BCUT2D eigenvalue weighted by atomic mass is 10.1. The van der Waals surface area contributed by atoms with Gasteiger partial charge in [-0.3, -0.25) is 9.59 Å². The first kappa shape index (κ1) is 19.3. The van der Waals surface area contributed by atoms with Gasteiger partial charge in [0.15, 0.2) is 17.3 Å². The number of ketones is 1. The topological polar surface area (TPSA) is 67.9 Å². The predicted octanol–water partition coefficient (Wildman–Crippen LogP) is 4.05. The van der Waals surface area contributed by atoms with Gasteiger partial charge in [0.05, 0.1) is 11.4 Å². The van der Waals surface area contributed by atoms with Gasteiger partial charge in [0.25, 0.3) is 0 Å². The Morgan fingerprint density at radius 3 is 2.48 bits per heavy atom. The van der Waals surface area contributed by atoms with E-state index in [-0.39, 0.29) is 24.5 Å². The third-order valence-electron chi connectivity index (χ3n) is 5.32. The summed E-state index contributed by atoms with van der Waals surface area (Å²) in [6.45, 7) is 3.01. The summed E-state index contributed by atoms with van der Waals surface area (Å²) in [6.07, 6.45) is 3.89. The van der Waals surface area contributed by atoms with Crippen molar-refractivity contribution in [2.45, 2.75) is 32.1 Å². The molecule has 0 saturated carbocycles. The summed E-state index contributed by atoms with van der Waals surface area (Å²) >= 11 is 0. The summed E-state index contributed by atoms with van der Waals surface area (Å²) in [5, 5.41) is 2.99. The summed E-state index contributed by atoms with van der Waals surface area (Å²) < 4.78 is 11.0. The summed E-state index contributed by atoms with van der Waals surface area (Å²) in [7, 11) is 0. The molecular weight excluding hydrogens is 368 g/mol. The number of ether oxygens (including phenoxy) is 2. The SMILES string of the molecule is O=C(CCC(=O)c1ccc2c(c1)OCCO2)Nc1ccccc1N1CCCCC1. The van der Waals surface area contributed by atoms with Crippen LogP contribution in [0.2, 0.25) is 0 Å². The highest BCUT2D eigenvalue weighted by Crippen LogP contribution is 2.31. The molecule has 1 fully saturated rings. The first-order valence-electron chi connectivity index (χ1n) is 10.3. The molecule has 1 N–H and O–H groups in total. The zero-order valence-corrected chi connectivity index (χ0v) is 16.5. The van der Waals surface area contributed by atoms with Crippen molar-refractivity contribution in [2.24, 2.45) is 0 Å². The Hall–Kier alpha value is -3.02. The van der Waals surface area contributed by atoms with Gasteiger partial charge in [-0.2, -0.15) is 0 Å². The van der Waals surface area contributed by atoms with Gasteiger partial charge in [-0.1, -0.05) is 12.1 Å². The standard InChI is InChI=1S/C23H26N2O4/c26-20(17-8-10-21-22(16-17)29-15-14-28-21)9-11-23(27)24-18-6-2-3-7-19(18)25-12-4-1-5-13-25/h2-3,6-8,10,16H,1,4-5,9,11-15H2,(H,24,27). The molecule has 2 aromatic rings. The van der Waals surface area contributed by atoms with E-state index in [9.17, 15) is 9.59 Å². The van der Waals surface area contributed by atoms with Crippen LogP contribution >= 0.6 is 0 Å². The number of benzene rings is 2. The van der Waals surface area contributed by atoms with E-state index in [2.05, 4.69) is 10.2 Å². The lowest BCUT2D eigenvalue weighted by Crippen LogP contribution is -2.30. The number of Topliss-reactive ketones (excluding diaryl/α,β-unsaturated/α-hetero) is 1. The van der Waals surface area contributed by atoms with E-state index in [0.717, 1.165) is 24.5 Å². The van der Waals surface area contributed by atoms with E-state index in [0.29, 0.717) is 30.3 Å². The molecule has 0 aromatic heterocycles. The fourth-order valence-electron chi connectivity index (χ4n) is 3.79. The lowest BCUT2D eigenvalue weighted by molar-refractivity contribution is -0.116. The van der Waals surface area contributed by atoms with E-state index in [1.54, 1.807) is 18.2 Å². The van der Waals surface area contributed by atoms with Gasteiger partial charge in [-0.15, -0.1) is 0 Å². The summed E-state index contributed by atoms with van der Waals surface area (Å²) in [4.78, 5) is 27.3. The van der Waals surface area contributed by atoms with Gasteiger partial charge in [0.2, 0.25) is 5.91 Å². The molecule has 2 aliphatic rings. The quantitative estimate of drug-likeness (QED) is 0.749. The van der Waals surface area contributed by atoms with Crippen LogP contribution in [0.1, 0.15) is 42.5 Å². The van der Waals surface area contributed by atoms with E-state index in [4.69, 9.17) is 9.47 Å². The lowest BCUT2D eigenvalue weighted by Gasteiger charge is -2.30. The molecule has 0 atom stereocenters. The number of hydrogen-bond donors (Lipinski definition) is 1. The van der Waals surface area contributed by atoms with E-state index in [1.165, 1.54) is 19.3 Å². The number of nitrogens with one attached hydrogen (secondary N) is 1. The van der Waals surface area contributed by atoms with Crippen LogP contribution in [0.5, 0.6) is 11.5 Å². The molecule has 152 valence electrons. The normalized spacial score (nSPS) is 15.7. The predicted molar refractivity (Wildman–Crippen MR) is 112 cm³/mol. The van der Waals surface area contributed by atoms with Crippen LogP contribution in [-0.4, -0.2) is 38.0 Å². The smallest absolute Gasteiger partial charge is 0.224 e. The number of carbonyl (C=O) groups is 2. The highest BCUT2D eigenvalue weighted by Gasteiger charge is 2.18. The minimum atomic E-state index is -0.152. The van der Waals surface area contributed by atoms with Crippen molar-refractivity contribution in [3.05, 3.63) is 48.0 Å². The number of rotatable bonds is 6. The summed E-state index contributed by atoms with van der Waals surface area (Å²) in [5.74, 6) is 1.00. The Balaban J connectivity index is 1.35. The number of para-hydroxylation sites is 2. The second-order valence-electron chi connectivity index (χ2n) is 7.39. The first-order chi connectivity index (χ1) is 14.2. The van der Waals surface area contributed by atoms with Gasteiger partial charge in [0.1, 0.15) is 13.2 Å². The minimum Gasteiger partial charge on any atom is -0.486 e. The molecule has 0 spiro atoms. The van der Waals surface area contributed by atoms with Crippen LogP contribution < -0.4 is 19.7 Å². The first-order valence-corrected chi connectivity index (χ1v) is 10.3. The molecule has 0 radical (unpaired) electrons. The molecule has 0 unspecified atom stereocenters. The second kappa shape index (κ2) is 8.99. The van der Waals surface area contributed by atoms with Gasteiger partial charge in [-0.25, -0.2) is 0 Å². The average molecular weight is 394 g/mol. The highest BCUT2D eigenvalue weighted by molar-refractivity contribution is 6.01. The molecule has 2 aromatic carbocycles.